The molecular formula is C24H18ClFN4O. The van der Waals surface area contributed by atoms with Crippen molar-refractivity contribution in [1.29, 1.82) is 5.26 Å². The average Bonchev–Trinajstić information content (AvgIpc) is 2.80. The second-order valence-electron chi connectivity index (χ2n) is 6.99. The molecule has 0 aliphatic carbocycles. The van der Waals surface area contributed by atoms with Gasteiger partial charge in [0.15, 0.2) is 0 Å². The summed E-state index contributed by atoms with van der Waals surface area (Å²) in [5, 5.41) is 14.0. The molecule has 0 spiro atoms. The number of anilines is 1. The quantitative estimate of drug-likeness (QED) is 0.410. The van der Waals surface area contributed by atoms with Gasteiger partial charge in [-0.2, -0.15) is 5.26 Å². The highest BCUT2D eigenvalue weighted by molar-refractivity contribution is 6.34. The van der Waals surface area contributed by atoms with Crippen LogP contribution in [0, 0.1) is 17.1 Å². The van der Waals surface area contributed by atoms with E-state index in [-0.39, 0.29) is 17.7 Å². The van der Waals surface area contributed by atoms with E-state index < -0.39 is 0 Å². The molecule has 2 heterocycles. The van der Waals surface area contributed by atoms with Gasteiger partial charge in [0.2, 0.25) is 5.88 Å². The number of benzene rings is 2. The minimum Gasteiger partial charge on any atom is -0.480 e. The molecule has 4 rings (SSSR count). The maximum atomic E-state index is 14.7. The van der Waals surface area contributed by atoms with E-state index in [0.717, 1.165) is 16.5 Å². The van der Waals surface area contributed by atoms with Gasteiger partial charge in [0.05, 0.1) is 29.4 Å². The molecule has 0 bridgehead atoms. The molecule has 0 saturated heterocycles. The van der Waals surface area contributed by atoms with Crippen LogP contribution in [0.25, 0.3) is 22.0 Å². The summed E-state index contributed by atoms with van der Waals surface area (Å²) in [7, 11) is 1.46. The number of nitriles is 1. The van der Waals surface area contributed by atoms with Crippen LogP contribution in [0.3, 0.4) is 0 Å². The van der Waals surface area contributed by atoms with E-state index in [4.69, 9.17) is 16.3 Å². The van der Waals surface area contributed by atoms with E-state index in [1.54, 1.807) is 30.6 Å². The molecule has 0 fully saturated rings. The molecule has 154 valence electrons. The van der Waals surface area contributed by atoms with Crippen LogP contribution in [-0.4, -0.2) is 17.1 Å². The van der Waals surface area contributed by atoms with Crippen LogP contribution in [0.4, 0.5) is 10.1 Å². The van der Waals surface area contributed by atoms with E-state index in [2.05, 4.69) is 21.4 Å². The second-order valence-corrected chi connectivity index (χ2v) is 7.40. The van der Waals surface area contributed by atoms with Crippen molar-refractivity contribution >= 4 is 28.2 Å². The summed E-state index contributed by atoms with van der Waals surface area (Å²) in [6.45, 7) is 1.86. The van der Waals surface area contributed by atoms with Gasteiger partial charge in [0.25, 0.3) is 0 Å². The third-order valence-corrected chi connectivity index (χ3v) is 5.34. The highest BCUT2D eigenvalue weighted by Gasteiger charge is 2.16. The molecular weight excluding hydrogens is 415 g/mol. The Bertz CT molecular complexity index is 1320. The van der Waals surface area contributed by atoms with Crippen molar-refractivity contribution in [2.24, 2.45) is 0 Å². The SMILES string of the molecule is COc1ncc(-c2ccc(F)c([C@@H](C)Nc3c(Cl)cnc4ccccc34)c2)cc1C#N. The van der Waals surface area contributed by atoms with Crippen LogP contribution in [0.1, 0.15) is 24.1 Å². The smallest absolute Gasteiger partial charge is 0.231 e. The number of nitrogens with zero attached hydrogens (tertiary/aromatic N) is 3. The first-order valence-corrected chi connectivity index (χ1v) is 9.93. The van der Waals surface area contributed by atoms with Gasteiger partial charge in [-0.05, 0) is 36.8 Å². The lowest BCUT2D eigenvalue weighted by atomic mass is 9.99. The number of para-hydroxylation sites is 1. The van der Waals surface area contributed by atoms with Crippen LogP contribution in [-0.2, 0) is 0 Å². The molecule has 31 heavy (non-hydrogen) atoms. The summed E-state index contributed by atoms with van der Waals surface area (Å²) in [5.41, 5.74) is 3.70. The zero-order valence-corrected chi connectivity index (χ0v) is 17.6. The van der Waals surface area contributed by atoms with Crippen LogP contribution in [0.5, 0.6) is 5.88 Å². The molecule has 2 aromatic carbocycles. The fourth-order valence-electron chi connectivity index (χ4n) is 3.47. The molecule has 0 radical (unpaired) electrons. The maximum absolute atomic E-state index is 14.7. The highest BCUT2D eigenvalue weighted by Crippen LogP contribution is 2.34. The van der Waals surface area contributed by atoms with Gasteiger partial charge in [0, 0.05) is 28.9 Å². The number of nitrogens with one attached hydrogen (secondary N) is 1. The van der Waals surface area contributed by atoms with E-state index in [9.17, 15) is 9.65 Å². The lowest BCUT2D eigenvalue weighted by molar-refractivity contribution is 0.396. The third kappa shape index (κ3) is 4.00. The minimum absolute atomic E-state index is 0.253. The predicted octanol–water partition coefficient (Wildman–Crippen LogP) is 6.14. The lowest BCUT2D eigenvalue weighted by Gasteiger charge is -2.20. The van der Waals surface area contributed by atoms with Crippen LogP contribution >= 0.6 is 11.6 Å². The van der Waals surface area contributed by atoms with Crippen LogP contribution < -0.4 is 10.1 Å². The van der Waals surface area contributed by atoms with Crippen molar-refractivity contribution in [3.05, 3.63) is 82.9 Å². The molecule has 1 atom stereocenters. The Morgan fingerprint density at radius 3 is 2.68 bits per heavy atom. The van der Waals surface area contributed by atoms with E-state index in [1.165, 1.54) is 13.2 Å². The number of rotatable bonds is 5. The maximum Gasteiger partial charge on any atom is 0.231 e. The highest BCUT2D eigenvalue weighted by atomic mass is 35.5. The summed E-state index contributed by atoms with van der Waals surface area (Å²) in [6.07, 6.45) is 3.18. The molecule has 1 N–H and O–H groups in total. The largest absolute Gasteiger partial charge is 0.480 e. The summed E-state index contributed by atoms with van der Waals surface area (Å²) < 4.78 is 19.8. The van der Waals surface area contributed by atoms with Crippen molar-refractivity contribution in [3.8, 4) is 23.1 Å². The zero-order valence-electron chi connectivity index (χ0n) is 16.9. The van der Waals surface area contributed by atoms with Crippen molar-refractivity contribution in [1.82, 2.24) is 9.97 Å². The summed E-state index contributed by atoms with van der Waals surface area (Å²) >= 11 is 6.39. The summed E-state index contributed by atoms with van der Waals surface area (Å²) in [4.78, 5) is 8.51. The number of hydrogen-bond acceptors (Lipinski definition) is 5. The van der Waals surface area contributed by atoms with E-state index >= 15 is 0 Å². The number of fused-ring (bicyclic) bond motifs is 1. The number of aromatic nitrogens is 2. The Balaban J connectivity index is 1.72. The molecule has 2 aromatic heterocycles. The normalized spacial score (nSPS) is 11.7. The fraction of sp³-hybridized carbons (Fsp3) is 0.125. The first kappa shape index (κ1) is 20.6. The molecule has 0 aliphatic heterocycles. The first-order valence-electron chi connectivity index (χ1n) is 9.55. The predicted molar refractivity (Wildman–Crippen MR) is 120 cm³/mol. The minimum atomic E-state index is -0.384. The van der Waals surface area contributed by atoms with E-state index in [1.807, 2.05) is 31.2 Å². The first-order chi connectivity index (χ1) is 15.0. The van der Waals surface area contributed by atoms with Crippen LogP contribution in [0.2, 0.25) is 5.02 Å². The van der Waals surface area contributed by atoms with Gasteiger partial charge in [0.1, 0.15) is 17.4 Å². The number of hydrogen-bond donors (Lipinski definition) is 1. The Morgan fingerprint density at radius 2 is 1.90 bits per heavy atom. The van der Waals surface area contributed by atoms with Gasteiger partial charge in [-0.25, -0.2) is 9.37 Å². The molecule has 0 aliphatic rings. The van der Waals surface area contributed by atoms with Crippen molar-refractivity contribution < 1.29 is 9.13 Å². The van der Waals surface area contributed by atoms with Crippen molar-refractivity contribution in [2.45, 2.75) is 13.0 Å². The zero-order chi connectivity index (χ0) is 22.0. The number of halogens is 2. The standard InChI is InChI=1S/C24H18ClFN4O/c1-14(30-23-18-5-3-4-6-22(18)28-13-20(23)25)19-10-15(7-8-21(19)26)17-9-16(11-27)24(31-2)29-12-17/h3-10,12-14H,1-2H3,(H,28,30)/t14-/m1/s1. The number of pyridine rings is 2. The Hall–Kier alpha value is -3.69. The van der Waals surface area contributed by atoms with Crippen molar-refractivity contribution in [3.63, 3.8) is 0 Å². The summed E-state index contributed by atoms with van der Waals surface area (Å²) in [6, 6.07) is 15.8. The van der Waals surface area contributed by atoms with Gasteiger partial charge in [-0.15, -0.1) is 0 Å². The van der Waals surface area contributed by atoms with Gasteiger partial charge < -0.3 is 10.1 Å². The van der Waals surface area contributed by atoms with Gasteiger partial charge >= 0.3 is 0 Å². The monoisotopic (exact) mass is 432 g/mol. The van der Waals surface area contributed by atoms with Crippen molar-refractivity contribution in [2.75, 3.05) is 12.4 Å². The lowest BCUT2D eigenvalue weighted by Crippen LogP contribution is -2.10. The molecule has 0 saturated carbocycles. The van der Waals surface area contributed by atoms with Gasteiger partial charge in [-0.3, -0.25) is 4.98 Å². The average molecular weight is 433 g/mol. The number of ether oxygens (including phenoxy) is 1. The van der Waals surface area contributed by atoms with E-state index in [0.29, 0.717) is 27.4 Å². The Labute approximate surface area is 184 Å². The molecule has 4 aromatic rings. The Kier molecular flexibility index (Phi) is 5.70. The molecule has 7 heteroatoms. The van der Waals surface area contributed by atoms with Gasteiger partial charge in [-0.1, -0.05) is 35.9 Å². The van der Waals surface area contributed by atoms with Crippen LogP contribution in [0.15, 0.2) is 60.9 Å². The fourth-order valence-corrected chi connectivity index (χ4v) is 3.67. The Morgan fingerprint density at radius 1 is 1.10 bits per heavy atom. The molecule has 0 amide bonds. The summed E-state index contributed by atoms with van der Waals surface area (Å²) in [5.74, 6) is -0.0944. The number of methoxy groups -OCH3 is 1. The molecule has 5 nitrogen and oxygen atoms in total. The molecule has 0 unspecified atom stereocenters. The third-order valence-electron chi connectivity index (χ3n) is 5.05. The second kappa shape index (κ2) is 8.58. The topological polar surface area (TPSA) is 70.8 Å².